The van der Waals surface area contributed by atoms with E-state index in [1.54, 1.807) is 6.07 Å². The molecule has 0 saturated heterocycles. The molecular formula is C7H2F3N2O4. The Bertz CT molecular complexity index is 457. The summed E-state index contributed by atoms with van der Waals surface area (Å²) >= 11 is 0. The van der Waals surface area contributed by atoms with E-state index in [2.05, 4.69) is 0 Å². The maximum absolute atomic E-state index is 12.3. The number of nitrogens with zero attached hydrogens (tertiary/aromatic N) is 2. The van der Waals surface area contributed by atoms with E-state index in [-0.39, 0.29) is 0 Å². The lowest BCUT2D eigenvalue weighted by molar-refractivity contribution is -0.424. The van der Waals surface area contributed by atoms with Crippen molar-refractivity contribution in [3.63, 3.8) is 0 Å². The molecule has 0 fully saturated rings. The van der Waals surface area contributed by atoms with Crippen molar-refractivity contribution in [1.82, 2.24) is 0 Å². The van der Waals surface area contributed by atoms with E-state index < -0.39 is 33.0 Å². The fraction of sp³-hybridized carbons (Fsp3) is 0.143. The summed E-state index contributed by atoms with van der Waals surface area (Å²) in [6.07, 6.45) is -5.06. The van der Waals surface area contributed by atoms with Crippen LogP contribution in [-0.4, -0.2) is 9.85 Å². The van der Waals surface area contributed by atoms with Crippen molar-refractivity contribution < 1.29 is 23.0 Å². The standard InChI is InChI=1S/C7H2F3N2O4/c8-7(9,10)4-2-1-3-5(11(13)14)6(4)12(15)16/h1,3H. The summed E-state index contributed by atoms with van der Waals surface area (Å²) < 4.78 is 36.9. The maximum Gasteiger partial charge on any atom is 0.423 e. The van der Waals surface area contributed by atoms with Gasteiger partial charge in [0.15, 0.2) is 0 Å². The second-order valence-electron chi connectivity index (χ2n) is 2.60. The van der Waals surface area contributed by atoms with Gasteiger partial charge in [0.25, 0.3) is 0 Å². The zero-order valence-corrected chi connectivity index (χ0v) is 7.32. The van der Waals surface area contributed by atoms with Crippen LogP contribution in [0.15, 0.2) is 12.1 Å². The first-order chi connectivity index (χ1) is 7.25. The highest BCUT2D eigenvalue weighted by molar-refractivity contribution is 5.58. The molecule has 0 N–H and O–H groups in total. The number of halogens is 3. The smallest absolute Gasteiger partial charge is 0.258 e. The predicted molar refractivity (Wildman–Crippen MR) is 43.6 cm³/mol. The van der Waals surface area contributed by atoms with Crippen molar-refractivity contribution in [3.05, 3.63) is 44.0 Å². The van der Waals surface area contributed by atoms with E-state index in [0.29, 0.717) is 12.1 Å². The Balaban J connectivity index is 3.58. The van der Waals surface area contributed by atoms with Gasteiger partial charge in [-0.05, 0) is 6.07 Å². The minimum atomic E-state index is -5.06. The monoisotopic (exact) mass is 235 g/mol. The lowest BCUT2D eigenvalue weighted by Gasteiger charge is -2.06. The van der Waals surface area contributed by atoms with Crippen LogP contribution < -0.4 is 0 Å². The van der Waals surface area contributed by atoms with Gasteiger partial charge in [-0.25, -0.2) is 0 Å². The third-order valence-electron chi connectivity index (χ3n) is 1.61. The van der Waals surface area contributed by atoms with Crippen LogP contribution in [0.4, 0.5) is 24.5 Å². The summed E-state index contributed by atoms with van der Waals surface area (Å²) in [5.41, 5.74) is -4.57. The normalized spacial score (nSPS) is 11.2. The highest BCUT2D eigenvalue weighted by Gasteiger charge is 2.43. The second-order valence-corrected chi connectivity index (χ2v) is 2.60. The molecule has 16 heavy (non-hydrogen) atoms. The van der Waals surface area contributed by atoms with Crippen LogP contribution in [-0.2, 0) is 6.18 Å². The predicted octanol–water partition coefficient (Wildman–Crippen LogP) is 2.32. The molecule has 0 aromatic heterocycles. The first kappa shape index (κ1) is 11.9. The van der Waals surface area contributed by atoms with Gasteiger partial charge in [0.2, 0.25) is 0 Å². The molecule has 0 heterocycles. The van der Waals surface area contributed by atoms with Gasteiger partial charge in [0.05, 0.1) is 9.85 Å². The Morgan fingerprint density at radius 3 is 2.12 bits per heavy atom. The summed E-state index contributed by atoms with van der Waals surface area (Å²) in [5, 5.41) is 20.7. The first-order valence-electron chi connectivity index (χ1n) is 3.66. The van der Waals surface area contributed by atoms with Gasteiger partial charge in [0.1, 0.15) is 5.56 Å². The summed E-state index contributed by atoms with van der Waals surface area (Å²) in [6.45, 7) is 0. The highest BCUT2D eigenvalue weighted by atomic mass is 19.4. The molecule has 1 aromatic carbocycles. The molecule has 0 unspecified atom stereocenters. The van der Waals surface area contributed by atoms with Crippen molar-refractivity contribution in [1.29, 1.82) is 0 Å². The molecule has 0 aliphatic rings. The first-order valence-corrected chi connectivity index (χ1v) is 3.66. The Labute approximate surface area is 85.6 Å². The van der Waals surface area contributed by atoms with Crippen LogP contribution in [0, 0.1) is 26.3 Å². The average Bonchev–Trinajstić information content (AvgIpc) is 2.14. The third-order valence-corrected chi connectivity index (χ3v) is 1.61. The van der Waals surface area contributed by atoms with Crippen molar-refractivity contribution >= 4 is 11.4 Å². The van der Waals surface area contributed by atoms with Gasteiger partial charge in [-0.1, -0.05) is 0 Å². The topological polar surface area (TPSA) is 86.3 Å². The van der Waals surface area contributed by atoms with E-state index in [0.717, 1.165) is 0 Å². The number of nitro benzene ring substituents is 2. The third kappa shape index (κ3) is 2.07. The zero-order chi connectivity index (χ0) is 12.5. The fourth-order valence-corrected chi connectivity index (χ4v) is 1.03. The molecule has 0 aliphatic heterocycles. The summed E-state index contributed by atoms with van der Waals surface area (Å²) in [5.74, 6) is 0. The Morgan fingerprint density at radius 2 is 1.75 bits per heavy atom. The molecule has 0 spiro atoms. The van der Waals surface area contributed by atoms with Crippen LogP contribution in [0.5, 0.6) is 0 Å². The number of benzene rings is 1. The molecule has 1 radical (unpaired) electrons. The quantitative estimate of drug-likeness (QED) is 0.581. The Morgan fingerprint density at radius 1 is 1.19 bits per heavy atom. The van der Waals surface area contributed by atoms with E-state index in [1.807, 2.05) is 0 Å². The van der Waals surface area contributed by atoms with Crippen LogP contribution in [0.25, 0.3) is 0 Å². The van der Waals surface area contributed by atoms with Crippen molar-refractivity contribution in [3.8, 4) is 0 Å². The summed E-state index contributed by atoms with van der Waals surface area (Å²) in [7, 11) is 0. The molecule has 0 atom stereocenters. The molecule has 0 amide bonds. The van der Waals surface area contributed by atoms with Crippen molar-refractivity contribution in [2.45, 2.75) is 6.18 Å². The Hall–Kier alpha value is -2.19. The molecule has 0 aliphatic carbocycles. The van der Waals surface area contributed by atoms with E-state index in [9.17, 15) is 33.4 Å². The largest absolute Gasteiger partial charge is 0.423 e. The van der Waals surface area contributed by atoms with Gasteiger partial charge in [-0.2, -0.15) is 13.2 Å². The lowest BCUT2D eigenvalue weighted by atomic mass is 10.1. The van der Waals surface area contributed by atoms with Gasteiger partial charge in [-0.15, -0.1) is 0 Å². The number of hydrogen-bond acceptors (Lipinski definition) is 4. The van der Waals surface area contributed by atoms with E-state index in [1.165, 1.54) is 0 Å². The Kier molecular flexibility index (Phi) is 2.79. The van der Waals surface area contributed by atoms with Gasteiger partial charge in [0, 0.05) is 12.1 Å². The maximum atomic E-state index is 12.3. The minimum absolute atomic E-state index is 0.591. The van der Waals surface area contributed by atoms with Gasteiger partial charge in [-0.3, -0.25) is 20.2 Å². The molecule has 0 saturated carbocycles. The van der Waals surface area contributed by atoms with Crippen LogP contribution in [0.3, 0.4) is 0 Å². The van der Waals surface area contributed by atoms with E-state index in [4.69, 9.17) is 0 Å². The van der Waals surface area contributed by atoms with Crippen LogP contribution >= 0.6 is 0 Å². The van der Waals surface area contributed by atoms with Crippen molar-refractivity contribution in [2.75, 3.05) is 0 Å². The van der Waals surface area contributed by atoms with Gasteiger partial charge >= 0.3 is 17.6 Å². The molecule has 9 heteroatoms. The SMILES string of the molecule is O=[N+]([O-])c1cc[c]c(C(F)(F)F)c1[N+](=O)[O-]. The van der Waals surface area contributed by atoms with Gasteiger partial charge < -0.3 is 0 Å². The lowest BCUT2D eigenvalue weighted by Crippen LogP contribution is -2.10. The molecule has 1 rings (SSSR count). The zero-order valence-electron chi connectivity index (χ0n) is 7.32. The van der Waals surface area contributed by atoms with E-state index >= 15 is 0 Å². The van der Waals surface area contributed by atoms with Crippen molar-refractivity contribution in [2.24, 2.45) is 0 Å². The van der Waals surface area contributed by atoms with Crippen LogP contribution in [0.1, 0.15) is 5.56 Å². The molecule has 1 aromatic rings. The van der Waals surface area contributed by atoms with Crippen LogP contribution in [0.2, 0.25) is 0 Å². The number of rotatable bonds is 2. The number of hydrogen-bond donors (Lipinski definition) is 0. The number of alkyl halides is 3. The fourth-order valence-electron chi connectivity index (χ4n) is 1.03. The number of nitro groups is 2. The second kappa shape index (κ2) is 3.76. The summed E-state index contributed by atoms with van der Waals surface area (Å²) in [4.78, 5) is 18.0. The summed E-state index contributed by atoms with van der Waals surface area (Å²) in [6, 6.07) is 2.79. The highest BCUT2D eigenvalue weighted by Crippen LogP contribution is 2.40. The molecule has 6 nitrogen and oxygen atoms in total. The molecule has 0 bridgehead atoms. The molecular weight excluding hydrogens is 233 g/mol. The average molecular weight is 235 g/mol. The minimum Gasteiger partial charge on any atom is -0.258 e. The molecule has 85 valence electrons.